The molecule has 4 heteroatoms. The third kappa shape index (κ3) is 2.96. The van der Waals surface area contributed by atoms with Crippen LogP contribution in [-0.4, -0.2) is 22.0 Å². The van der Waals surface area contributed by atoms with Gasteiger partial charge in [-0.2, -0.15) is 15.4 Å². The molecule has 0 aliphatic rings. The number of hydrogen-bond acceptors (Lipinski definition) is 3. The van der Waals surface area contributed by atoms with Crippen molar-refractivity contribution in [3.63, 3.8) is 0 Å². The van der Waals surface area contributed by atoms with Gasteiger partial charge in [-0.3, -0.25) is 0 Å². The number of aryl methyl sites for hydroxylation is 2. The zero-order valence-electron chi connectivity index (χ0n) is 11.2. The summed E-state index contributed by atoms with van der Waals surface area (Å²) in [5.41, 5.74) is 4.73. The zero-order valence-corrected chi connectivity index (χ0v) is 11.2. The number of nitrogens with one attached hydrogen (secondary N) is 2. The lowest BCUT2D eigenvalue weighted by molar-refractivity contribution is 0.584. The molecule has 18 heavy (non-hydrogen) atoms. The van der Waals surface area contributed by atoms with Crippen molar-refractivity contribution < 1.29 is 0 Å². The quantitative estimate of drug-likeness (QED) is 0.849. The Hall–Kier alpha value is -1.68. The van der Waals surface area contributed by atoms with Crippen molar-refractivity contribution in [2.45, 2.75) is 33.2 Å². The maximum absolute atomic E-state index is 4.21. The van der Waals surface area contributed by atoms with Crippen molar-refractivity contribution in [2.75, 3.05) is 6.54 Å². The largest absolute Gasteiger partial charge is 0.305 e. The predicted octanol–water partition coefficient (Wildman–Crippen LogP) is 2.51. The fourth-order valence-electron chi connectivity index (χ4n) is 2.21. The van der Waals surface area contributed by atoms with Crippen molar-refractivity contribution in [1.29, 1.82) is 0 Å². The Morgan fingerprint density at radius 2 is 1.94 bits per heavy atom. The van der Waals surface area contributed by atoms with Crippen LogP contribution < -0.4 is 5.32 Å². The molecule has 1 aromatic heterocycles. The molecule has 0 saturated heterocycles. The zero-order chi connectivity index (χ0) is 13.0. The summed E-state index contributed by atoms with van der Waals surface area (Å²) in [5.74, 6) is 0. The molecule has 0 bridgehead atoms. The summed E-state index contributed by atoms with van der Waals surface area (Å²) in [6, 6.07) is 6.70. The molecule has 2 N–H and O–H groups in total. The Morgan fingerprint density at radius 3 is 2.50 bits per heavy atom. The smallest absolute Gasteiger partial charge is 0.104 e. The molecular weight excluding hydrogens is 224 g/mol. The van der Waals surface area contributed by atoms with E-state index in [-0.39, 0.29) is 6.04 Å². The van der Waals surface area contributed by atoms with Crippen LogP contribution in [0.3, 0.4) is 0 Å². The molecule has 1 aromatic carbocycles. The minimum Gasteiger partial charge on any atom is -0.305 e. The average Bonchev–Trinajstić information content (AvgIpc) is 2.82. The number of aromatic amines is 1. The van der Waals surface area contributed by atoms with Gasteiger partial charge in [0.05, 0.1) is 12.2 Å². The Bertz CT molecular complexity index is 470. The summed E-state index contributed by atoms with van der Waals surface area (Å²) < 4.78 is 0. The highest BCUT2D eigenvalue weighted by Crippen LogP contribution is 2.22. The van der Waals surface area contributed by atoms with Crippen LogP contribution in [0.25, 0.3) is 0 Å². The second-order valence-electron chi connectivity index (χ2n) is 4.70. The number of nitrogens with zero attached hydrogens (tertiary/aromatic N) is 2. The summed E-state index contributed by atoms with van der Waals surface area (Å²) >= 11 is 0. The number of benzene rings is 1. The second kappa shape index (κ2) is 5.78. The molecule has 0 aliphatic carbocycles. The van der Waals surface area contributed by atoms with Crippen LogP contribution in [0.5, 0.6) is 0 Å². The van der Waals surface area contributed by atoms with E-state index in [1.165, 1.54) is 16.7 Å². The van der Waals surface area contributed by atoms with Crippen molar-refractivity contribution >= 4 is 0 Å². The van der Waals surface area contributed by atoms with Crippen molar-refractivity contribution in [2.24, 2.45) is 0 Å². The Morgan fingerprint density at radius 1 is 1.22 bits per heavy atom. The summed E-state index contributed by atoms with van der Waals surface area (Å²) in [7, 11) is 0. The van der Waals surface area contributed by atoms with Gasteiger partial charge < -0.3 is 5.32 Å². The topological polar surface area (TPSA) is 53.6 Å². The molecule has 1 unspecified atom stereocenters. The molecular formula is C14H20N4. The van der Waals surface area contributed by atoms with Gasteiger partial charge in [0, 0.05) is 0 Å². The third-order valence-corrected chi connectivity index (χ3v) is 2.91. The van der Waals surface area contributed by atoms with Crippen molar-refractivity contribution in [3.05, 3.63) is 46.8 Å². The number of rotatable bonds is 5. The highest BCUT2D eigenvalue weighted by molar-refractivity contribution is 5.34. The molecule has 4 nitrogen and oxygen atoms in total. The SMILES string of the molecule is CCCNC(c1cc(C)cc(C)c1)c1cn[nH]n1. The van der Waals surface area contributed by atoms with E-state index in [4.69, 9.17) is 0 Å². The lowest BCUT2D eigenvalue weighted by Gasteiger charge is -2.17. The van der Waals surface area contributed by atoms with Gasteiger partial charge in [-0.15, -0.1) is 0 Å². The first-order valence-corrected chi connectivity index (χ1v) is 6.38. The van der Waals surface area contributed by atoms with Gasteiger partial charge in [-0.05, 0) is 32.4 Å². The first kappa shape index (κ1) is 12.8. The van der Waals surface area contributed by atoms with Crippen LogP contribution in [0.15, 0.2) is 24.4 Å². The number of H-pyrrole nitrogens is 1. The van der Waals surface area contributed by atoms with Crippen LogP contribution in [0.2, 0.25) is 0 Å². The summed E-state index contributed by atoms with van der Waals surface area (Å²) in [6.45, 7) is 7.37. The van der Waals surface area contributed by atoms with Crippen LogP contribution in [0, 0.1) is 13.8 Å². The summed E-state index contributed by atoms with van der Waals surface area (Å²) in [5, 5.41) is 14.3. The minimum absolute atomic E-state index is 0.113. The average molecular weight is 244 g/mol. The molecule has 2 aromatic rings. The fourth-order valence-corrected chi connectivity index (χ4v) is 2.21. The fraction of sp³-hybridized carbons (Fsp3) is 0.429. The molecule has 0 aliphatic heterocycles. The van der Waals surface area contributed by atoms with Crippen LogP contribution in [0.1, 0.15) is 41.8 Å². The third-order valence-electron chi connectivity index (χ3n) is 2.91. The summed E-state index contributed by atoms with van der Waals surface area (Å²) in [6.07, 6.45) is 2.88. The molecule has 2 rings (SSSR count). The number of aromatic nitrogens is 3. The van der Waals surface area contributed by atoms with Gasteiger partial charge in [0.15, 0.2) is 0 Å². The molecule has 0 saturated carbocycles. The van der Waals surface area contributed by atoms with Gasteiger partial charge in [-0.25, -0.2) is 0 Å². The first-order valence-electron chi connectivity index (χ1n) is 6.38. The van der Waals surface area contributed by atoms with Gasteiger partial charge in [0.1, 0.15) is 5.69 Å². The van der Waals surface area contributed by atoms with Gasteiger partial charge in [0.2, 0.25) is 0 Å². The highest BCUT2D eigenvalue weighted by Gasteiger charge is 2.16. The molecule has 0 fully saturated rings. The van der Waals surface area contributed by atoms with E-state index >= 15 is 0 Å². The predicted molar refractivity (Wildman–Crippen MR) is 72.4 cm³/mol. The Kier molecular flexibility index (Phi) is 4.10. The van der Waals surface area contributed by atoms with E-state index < -0.39 is 0 Å². The highest BCUT2D eigenvalue weighted by atomic mass is 15.3. The lowest BCUT2D eigenvalue weighted by Crippen LogP contribution is -2.23. The molecule has 0 spiro atoms. The van der Waals surface area contributed by atoms with E-state index in [1.807, 2.05) is 0 Å². The molecule has 0 radical (unpaired) electrons. The van der Waals surface area contributed by atoms with Crippen molar-refractivity contribution in [3.8, 4) is 0 Å². The minimum atomic E-state index is 0.113. The molecule has 0 amide bonds. The van der Waals surface area contributed by atoms with Crippen LogP contribution in [-0.2, 0) is 0 Å². The van der Waals surface area contributed by atoms with Gasteiger partial charge in [-0.1, -0.05) is 36.2 Å². The van der Waals surface area contributed by atoms with E-state index in [1.54, 1.807) is 6.20 Å². The van der Waals surface area contributed by atoms with Crippen molar-refractivity contribution in [1.82, 2.24) is 20.7 Å². The maximum Gasteiger partial charge on any atom is 0.104 e. The van der Waals surface area contributed by atoms with E-state index in [0.29, 0.717) is 0 Å². The van der Waals surface area contributed by atoms with Gasteiger partial charge in [0.25, 0.3) is 0 Å². The van der Waals surface area contributed by atoms with Gasteiger partial charge >= 0.3 is 0 Å². The normalized spacial score (nSPS) is 12.6. The Labute approximate surface area is 108 Å². The number of hydrogen-bond donors (Lipinski definition) is 2. The molecule has 1 heterocycles. The molecule has 96 valence electrons. The van der Waals surface area contributed by atoms with Crippen LogP contribution >= 0.6 is 0 Å². The van der Waals surface area contributed by atoms with E-state index in [2.05, 4.69) is 59.7 Å². The van der Waals surface area contributed by atoms with E-state index in [0.717, 1.165) is 18.7 Å². The summed E-state index contributed by atoms with van der Waals surface area (Å²) in [4.78, 5) is 0. The van der Waals surface area contributed by atoms with Crippen LogP contribution in [0.4, 0.5) is 0 Å². The van der Waals surface area contributed by atoms with E-state index in [9.17, 15) is 0 Å². The monoisotopic (exact) mass is 244 g/mol. The maximum atomic E-state index is 4.21. The molecule has 1 atom stereocenters. The second-order valence-corrected chi connectivity index (χ2v) is 4.70. The first-order chi connectivity index (χ1) is 8.70. The Balaban J connectivity index is 2.33. The standard InChI is InChI=1S/C14H20N4/c1-4-5-15-14(13-9-16-18-17-13)12-7-10(2)6-11(3)8-12/h6-9,14-15H,4-5H2,1-3H3,(H,16,17,18). The lowest BCUT2D eigenvalue weighted by atomic mass is 9.99.